The zero-order valence-electron chi connectivity index (χ0n) is 17.4. The zero-order chi connectivity index (χ0) is 22.3. The lowest BCUT2D eigenvalue weighted by Crippen LogP contribution is -2.63. The number of amides is 3. The van der Waals surface area contributed by atoms with Crippen molar-refractivity contribution in [2.45, 2.75) is 44.7 Å². The summed E-state index contributed by atoms with van der Waals surface area (Å²) in [6.45, 7) is 2.08. The van der Waals surface area contributed by atoms with Crippen LogP contribution in [0.5, 0.6) is 0 Å². The minimum Gasteiger partial charge on any atom is -0.380 e. The van der Waals surface area contributed by atoms with Gasteiger partial charge in [0.2, 0.25) is 11.8 Å². The third-order valence-corrected chi connectivity index (χ3v) is 6.19. The Morgan fingerprint density at radius 3 is 2.65 bits per heavy atom. The molecule has 9 heteroatoms. The molecule has 2 heterocycles. The number of imide groups is 1. The van der Waals surface area contributed by atoms with Gasteiger partial charge >= 0.3 is 0 Å². The van der Waals surface area contributed by atoms with E-state index in [1.165, 1.54) is 11.0 Å². The molecule has 31 heavy (non-hydrogen) atoms. The Hall–Kier alpha value is -3.23. The number of piperidine rings is 1. The van der Waals surface area contributed by atoms with E-state index in [1.807, 2.05) is 6.92 Å². The number of benzene rings is 2. The van der Waals surface area contributed by atoms with Crippen molar-refractivity contribution in [3.05, 3.63) is 64.2 Å². The normalized spacial score (nSPS) is 20.6. The summed E-state index contributed by atoms with van der Waals surface area (Å²) in [5.74, 6) is -2.30. The highest BCUT2D eigenvalue weighted by molar-refractivity contribution is 6.32. The van der Waals surface area contributed by atoms with Gasteiger partial charge in [0.25, 0.3) is 5.91 Å². The van der Waals surface area contributed by atoms with Gasteiger partial charge in [-0.2, -0.15) is 0 Å². The molecule has 4 rings (SSSR count). The van der Waals surface area contributed by atoms with Crippen LogP contribution in [0, 0.1) is 11.6 Å². The van der Waals surface area contributed by atoms with Gasteiger partial charge in [0, 0.05) is 41.9 Å². The summed E-state index contributed by atoms with van der Waals surface area (Å²) in [7, 11) is 1.60. The fraction of sp³-hybridized carbons (Fsp3) is 0.318. The maximum Gasteiger partial charge on any atom is 0.254 e. The van der Waals surface area contributed by atoms with Crippen molar-refractivity contribution >= 4 is 31.3 Å². The summed E-state index contributed by atoms with van der Waals surface area (Å²) in [6, 6.07) is 7.56. The number of anilines is 1. The maximum atomic E-state index is 14.6. The molecule has 2 aliphatic heterocycles. The first-order chi connectivity index (χ1) is 14.7. The van der Waals surface area contributed by atoms with E-state index in [0.717, 1.165) is 6.07 Å². The molecule has 2 N–H and O–H groups in total. The molecule has 0 aliphatic carbocycles. The van der Waals surface area contributed by atoms with Crippen LogP contribution in [-0.4, -0.2) is 35.9 Å². The molecule has 0 radical (unpaired) electrons. The van der Waals surface area contributed by atoms with Crippen molar-refractivity contribution in [2.24, 2.45) is 0 Å². The largest absolute Gasteiger partial charge is 0.380 e. The average Bonchev–Trinajstić information content (AvgIpc) is 3.07. The van der Waals surface area contributed by atoms with Crippen LogP contribution in [0.25, 0.3) is 0 Å². The van der Waals surface area contributed by atoms with E-state index in [1.54, 1.807) is 26.0 Å². The molecule has 0 spiro atoms. The van der Waals surface area contributed by atoms with Crippen LogP contribution < -0.4 is 10.6 Å². The van der Waals surface area contributed by atoms with Crippen LogP contribution >= 0.6 is 0 Å². The number of hydrogen-bond acceptors (Lipinski definition) is 4. The van der Waals surface area contributed by atoms with E-state index in [9.17, 15) is 23.2 Å². The van der Waals surface area contributed by atoms with E-state index < -0.39 is 23.1 Å². The lowest BCUT2D eigenvalue weighted by Gasteiger charge is -2.40. The van der Waals surface area contributed by atoms with Crippen LogP contribution in [0.2, 0.25) is 0 Å². The van der Waals surface area contributed by atoms with Crippen LogP contribution in [0.1, 0.15) is 46.8 Å². The van der Waals surface area contributed by atoms with Gasteiger partial charge in [-0.15, -0.1) is 0 Å². The van der Waals surface area contributed by atoms with Crippen molar-refractivity contribution in [1.82, 2.24) is 10.2 Å². The Morgan fingerprint density at radius 1 is 1.19 bits per heavy atom. The number of rotatable bonds is 5. The van der Waals surface area contributed by atoms with Gasteiger partial charge in [-0.25, -0.2) is 8.78 Å². The fourth-order valence-electron chi connectivity index (χ4n) is 4.21. The molecule has 6 nitrogen and oxygen atoms in total. The highest BCUT2D eigenvalue weighted by Gasteiger charge is 2.48. The number of fused-ring (bicyclic) bond motifs is 1. The molecule has 1 unspecified atom stereocenters. The molecule has 1 atom stereocenters. The van der Waals surface area contributed by atoms with Gasteiger partial charge in [-0.1, -0.05) is 25.1 Å². The number of carbonyl (C=O) groups excluding carboxylic acids is 3. The van der Waals surface area contributed by atoms with E-state index >= 15 is 0 Å². The molecule has 2 aliphatic rings. The summed E-state index contributed by atoms with van der Waals surface area (Å²) >= 11 is 0. The molecule has 0 saturated carbocycles. The summed E-state index contributed by atoms with van der Waals surface area (Å²) in [6.07, 6.45) is 0.869. The van der Waals surface area contributed by atoms with Crippen LogP contribution in [-0.2, 0) is 29.1 Å². The van der Waals surface area contributed by atoms with Crippen molar-refractivity contribution in [3.8, 4) is 0 Å². The van der Waals surface area contributed by atoms with Crippen LogP contribution in [0.15, 0.2) is 30.3 Å². The summed E-state index contributed by atoms with van der Waals surface area (Å²) in [5, 5.41) is 5.34. The molecule has 2 aromatic carbocycles. The quantitative estimate of drug-likeness (QED) is 0.567. The first kappa shape index (κ1) is 21.0. The van der Waals surface area contributed by atoms with Crippen LogP contribution in [0.4, 0.5) is 14.5 Å². The van der Waals surface area contributed by atoms with E-state index in [2.05, 4.69) is 10.6 Å². The highest BCUT2D eigenvalue weighted by atomic mass is 19.1. The lowest BCUT2D eigenvalue weighted by molar-refractivity contribution is -0.138. The predicted octanol–water partition coefficient (Wildman–Crippen LogP) is 1.86. The Morgan fingerprint density at radius 2 is 1.94 bits per heavy atom. The van der Waals surface area contributed by atoms with Crippen molar-refractivity contribution < 1.29 is 23.2 Å². The van der Waals surface area contributed by atoms with Crippen LogP contribution in [0.3, 0.4) is 0 Å². The monoisotopic (exact) mass is 425 g/mol. The Kier molecular flexibility index (Phi) is 5.29. The van der Waals surface area contributed by atoms with E-state index in [0.29, 0.717) is 28.8 Å². The topological polar surface area (TPSA) is 78.5 Å². The van der Waals surface area contributed by atoms with E-state index in [4.69, 9.17) is 0 Å². The fourth-order valence-corrected chi connectivity index (χ4v) is 4.21. The van der Waals surface area contributed by atoms with Gasteiger partial charge in [0.1, 0.15) is 19.5 Å². The summed E-state index contributed by atoms with van der Waals surface area (Å²) in [5.41, 5.74) is 0.912. The minimum atomic E-state index is -1.21. The zero-order valence-corrected chi connectivity index (χ0v) is 17.4. The lowest BCUT2D eigenvalue weighted by atomic mass is 9.70. The molecule has 3 amide bonds. The molecule has 160 valence electrons. The molecular weight excluding hydrogens is 403 g/mol. The molecule has 0 bridgehead atoms. The second-order valence-corrected chi connectivity index (χ2v) is 8.12. The molecule has 0 aromatic heterocycles. The first-order valence-electron chi connectivity index (χ1n) is 10.2. The minimum absolute atomic E-state index is 0.0897. The Balaban J connectivity index is 1.62. The third kappa shape index (κ3) is 3.58. The number of nitrogens with one attached hydrogen (secondary N) is 2. The molecule has 1 saturated heterocycles. The summed E-state index contributed by atoms with van der Waals surface area (Å²) < 4.78 is 28.9. The predicted molar refractivity (Wildman–Crippen MR) is 113 cm³/mol. The first-order valence-corrected chi connectivity index (χ1v) is 10.2. The van der Waals surface area contributed by atoms with Gasteiger partial charge < -0.3 is 10.2 Å². The number of nitrogens with zero attached hydrogens (tertiary/aromatic N) is 1. The number of carbonyl (C=O) groups is 3. The van der Waals surface area contributed by atoms with Gasteiger partial charge in [0.05, 0.1) is 5.44 Å². The van der Waals surface area contributed by atoms with Crippen molar-refractivity contribution in [1.29, 1.82) is 0 Å². The molecular formula is C22H22BF2N3O3. The standard InChI is InChI=1S/C22H22BF2N3O3/c1-2-12-4-3-5-13(19(12)25)10-26-17-9-14(24)8-15-16(17)11-28(20(15)30)22(23)7-6-18(29)27-21(22)31/h3-5,8-9,26H,2,6-7,10-11,23H2,1H3,(H,27,29,31). The SMILES string of the molecule is BC1(N2Cc3c(NCc4cccc(CC)c4F)cc(F)cc3C2=O)CCC(=O)NC1=O. The second-order valence-electron chi connectivity index (χ2n) is 8.12. The maximum absolute atomic E-state index is 14.6. The molecule has 1 fully saturated rings. The highest BCUT2D eigenvalue weighted by Crippen LogP contribution is 2.36. The number of aryl methyl sites for hydroxylation is 1. The Labute approximate surface area is 179 Å². The van der Waals surface area contributed by atoms with E-state index in [-0.39, 0.29) is 43.2 Å². The van der Waals surface area contributed by atoms with Gasteiger partial charge in [-0.3, -0.25) is 19.7 Å². The second kappa shape index (κ2) is 7.79. The van der Waals surface area contributed by atoms with Crippen molar-refractivity contribution in [3.63, 3.8) is 0 Å². The summed E-state index contributed by atoms with van der Waals surface area (Å²) in [4.78, 5) is 38.5. The Bertz CT molecular complexity index is 1110. The number of hydrogen-bond donors (Lipinski definition) is 2. The third-order valence-electron chi connectivity index (χ3n) is 6.19. The van der Waals surface area contributed by atoms with Gasteiger partial charge in [-0.05, 0) is 30.5 Å². The smallest absolute Gasteiger partial charge is 0.254 e. The number of halogens is 2. The average molecular weight is 425 g/mol. The van der Waals surface area contributed by atoms with Crippen molar-refractivity contribution in [2.75, 3.05) is 5.32 Å². The van der Waals surface area contributed by atoms with Gasteiger partial charge in [0.15, 0.2) is 0 Å². The molecule has 2 aromatic rings.